The molecule has 1 saturated heterocycles. The molecule has 0 spiro atoms. The second-order valence-electron chi connectivity index (χ2n) is 6.50. The van der Waals surface area contributed by atoms with Gasteiger partial charge in [0.1, 0.15) is 12.1 Å². The van der Waals surface area contributed by atoms with E-state index in [0.29, 0.717) is 18.4 Å². The lowest BCUT2D eigenvalue weighted by Crippen LogP contribution is -2.47. The lowest BCUT2D eigenvalue weighted by molar-refractivity contribution is 0.146. The van der Waals surface area contributed by atoms with Crippen LogP contribution in [0.5, 0.6) is 0 Å². The molecule has 1 aliphatic rings. The SMILES string of the molecule is CC1CC(C)CN(C(=O)NCc2ccnc(-n3ccnc3)c2)C1. The summed E-state index contributed by atoms with van der Waals surface area (Å²) < 4.78 is 1.85. The normalized spacial score (nSPS) is 21.2. The zero-order valence-corrected chi connectivity index (χ0v) is 13.6. The molecule has 6 nitrogen and oxygen atoms in total. The van der Waals surface area contributed by atoms with E-state index in [1.54, 1.807) is 18.7 Å². The number of aromatic nitrogens is 3. The molecule has 1 fully saturated rings. The van der Waals surface area contributed by atoms with Crippen molar-refractivity contribution in [2.45, 2.75) is 26.8 Å². The van der Waals surface area contributed by atoms with Gasteiger partial charge in [0.2, 0.25) is 0 Å². The van der Waals surface area contributed by atoms with Crippen LogP contribution in [0, 0.1) is 11.8 Å². The van der Waals surface area contributed by atoms with Crippen molar-refractivity contribution < 1.29 is 4.79 Å². The molecule has 0 bridgehead atoms. The van der Waals surface area contributed by atoms with Gasteiger partial charge in [0.25, 0.3) is 0 Å². The van der Waals surface area contributed by atoms with Gasteiger partial charge in [-0.25, -0.2) is 14.8 Å². The average molecular weight is 313 g/mol. The minimum atomic E-state index is 0.0180. The van der Waals surface area contributed by atoms with Crippen molar-refractivity contribution in [3.63, 3.8) is 0 Å². The summed E-state index contributed by atoms with van der Waals surface area (Å²) in [4.78, 5) is 22.6. The molecular formula is C17H23N5O. The van der Waals surface area contributed by atoms with E-state index in [1.807, 2.05) is 27.8 Å². The molecule has 0 radical (unpaired) electrons. The first-order valence-corrected chi connectivity index (χ1v) is 8.08. The number of amides is 2. The Bertz CT molecular complexity index is 645. The lowest BCUT2D eigenvalue weighted by atomic mass is 9.92. The van der Waals surface area contributed by atoms with Crippen molar-refractivity contribution in [1.29, 1.82) is 0 Å². The molecular weight excluding hydrogens is 290 g/mol. The summed E-state index contributed by atoms with van der Waals surface area (Å²) in [5.74, 6) is 1.94. The highest BCUT2D eigenvalue weighted by Crippen LogP contribution is 2.20. The van der Waals surface area contributed by atoms with E-state index < -0.39 is 0 Å². The molecule has 6 heteroatoms. The van der Waals surface area contributed by atoms with Crippen LogP contribution in [0.1, 0.15) is 25.8 Å². The van der Waals surface area contributed by atoms with E-state index in [0.717, 1.165) is 24.5 Å². The molecule has 2 unspecified atom stereocenters. The van der Waals surface area contributed by atoms with Gasteiger partial charge in [-0.3, -0.25) is 4.57 Å². The van der Waals surface area contributed by atoms with Crippen molar-refractivity contribution in [2.75, 3.05) is 13.1 Å². The van der Waals surface area contributed by atoms with Crippen molar-refractivity contribution in [3.05, 3.63) is 42.6 Å². The smallest absolute Gasteiger partial charge is 0.317 e. The fourth-order valence-corrected chi connectivity index (χ4v) is 3.22. The standard InChI is InChI=1S/C17H23N5O/c1-13-7-14(2)11-22(10-13)17(23)20-9-15-3-4-19-16(8-15)21-6-5-18-12-21/h3-6,8,12-14H,7,9-11H2,1-2H3,(H,20,23). The largest absolute Gasteiger partial charge is 0.334 e. The maximum Gasteiger partial charge on any atom is 0.317 e. The summed E-state index contributed by atoms with van der Waals surface area (Å²) in [7, 11) is 0. The van der Waals surface area contributed by atoms with Gasteiger partial charge >= 0.3 is 6.03 Å². The summed E-state index contributed by atoms with van der Waals surface area (Å²) >= 11 is 0. The first-order valence-electron chi connectivity index (χ1n) is 8.08. The number of nitrogens with one attached hydrogen (secondary N) is 1. The Morgan fingerprint density at radius 1 is 1.30 bits per heavy atom. The maximum atomic E-state index is 12.4. The molecule has 1 aliphatic heterocycles. The summed E-state index contributed by atoms with van der Waals surface area (Å²) in [6.07, 6.45) is 8.22. The van der Waals surface area contributed by atoms with Crippen molar-refractivity contribution in [2.24, 2.45) is 11.8 Å². The molecule has 0 aromatic carbocycles. The van der Waals surface area contributed by atoms with E-state index in [2.05, 4.69) is 29.1 Å². The Morgan fingerprint density at radius 2 is 2.09 bits per heavy atom. The molecule has 0 saturated carbocycles. The van der Waals surface area contributed by atoms with Crippen LogP contribution in [0.2, 0.25) is 0 Å². The molecule has 2 aromatic rings. The van der Waals surface area contributed by atoms with Crippen LogP contribution < -0.4 is 5.32 Å². The van der Waals surface area contributed by atoms with E-state index in [-0.39, 0.29) is 6.03 Å². The first kappa shape index (κ1) is 15.5. The van der Waals surface area contributed by atoms with Gasteiger partial charge in [-0.1, -0.05) is 13.8 Å². The van der Waals surface area contributed by atoms with Crippen molar-refractivity contribution >= 4 is 6.03 Å². The quantitative estimate of drug-likeness (QED) is 0.947. The Labute approximate surface area is 136 Å². The molecule has 23 heavy (non-hydrogen) atoms. The average Bonchev–Trinajstić information content (AvgIpc) is 3.06. The zero-order chi connectivity index (χ0) is 16.2. The Balaban J connectivity index is 1.60. The van der Waals surface area contributed by atoms with Crippen LogP contribution >= 0.6 is 0 Å². The van der Waals surface area contributed by atoms with Gasteiger partial charge in [-0.05, 0) is 36.0 Å². The van der Waals surface area contributed by atoms with Crippen LogP contribution in [0.25, 0.3) is 5.82 Å². The van der Waals surface area contributed by atoms with Crippen LogP contribution in [0.4, 0.5) is 4.79 Å². The van der Waals surface area contributed by atoms with E-state index in [4.69, 9.17) is 0 Å². The number of imidazole rings is 1. The third-order valence-electron chi connectivity index (χ3n) is 4.18. The third-order valence-corrected chi connectivity index (χ3v) is 4.18. The summed E-state index contributed by atoms with van der Waals surface area (Å²) in [5.41, 5.74) is 1.02. The minimum Gasteiger partial charge on any atom is -0.334 e. The third kappa shape index (κ3) is 3.88. The predicted molar refractivity (Wildman–Crippen MR) is 88.1 cm³/mol. The van der Waals surface area contributed by atoms with Gasteiger partial charge in [-0.15, -0.1) is 0 Å². The van der Waals surface area contributed by atoms with Gasteiger partial charge in [-0.2, -0.15) is 0 Å². The van der Waals surface area contributed by atoms with E-state index in [9.17, 15) is 4.79 Å². The van der Waals surface area contributed by atoms with Crippen LogP contribution in [-0.4, -0.2) is 38.6 Å². The summed E-state index contributed by atoms with van der Waals surface area (Å²) in [6, 6.07) is 3.90. The van der Waals surface area contributed by atoms with Crippen LogP contribution in [0.15, 0.2) is 37.1 Å². The number of nitrogens with zero attached hydrogens (tertiary/aromatic N) is 4. The number of carbonyl (C=O) groups excluding carboxylic acids is 1. The molecule has 1 N–H and O–H groups in total. The van der Waals surface area contributed by atoms with Crippen molar-refractivity contribution in [3.8, 4) is 5.82 Å². The van der Waals surface area contributed by atoms with Gasteiger partial charge in [0.15, 0.2) is 0 Å². The van der Waals surface area contributed by atoms with Gasteiger partial charge in [0, 0.05) is 38.2 Å². The predicted octanol–water partition coefficient (Wildman–Crippen LogP) is 2.45. The monoisotopic (exact) mass is 313 g/mol. The number of urea groups is 1. The molecule has 2 aromatic heterocycles. The number of hydrogen-bond acceptors (Lipinski definition) is 3. The van der Waals surface area contributed by atoms with Gasteiger partial charge < -0.3 is 10.2 Å². The van der Waals surface area contributed by atoms with Gasteiger partial charge in [0.05, 0.1) is 0 Å². The van der Waals surface area contributed by atoms with Crippen LogP contribution in [0.3, 0.4) is 0 Å². The fourth-order valence-electron chi connectivity index (χ4n) is 3.22. The molecule has 0 aliphatic carbocycles. The molecule has 3 rings (SSSR count). The number of piperidine rings is 1. The minimum absolute atomic E-state index is 0.0180. The maximum absolute atomic E-state index is 12.4. The Morgan fingerprint density at radius 3 is 2.78 bits per heavy atom. The molecule has 122 valence electrons. The highest BCUT2D eigenvalue weighted by molar-refractivity contribution is 5.74. The Hall–Kier alpha value is -2.37. The summed E-state index contributed by atoms with van der Waals surface area (Å²) in [6.45, 7) is 6.59. The van der Waals surface area contributed by atoms with E-state index >= 15 is 0 Å². The highest BCUT2D eigenvalue weighted by atomic mass is 16.2. The summed E-state index contributed by atoms with van der Waals surface area (Å²) in [5, 5.41) is 3.02. The van der Waals surface area contributed by atoms with E-state index in [1.165, 1.54) is 6.42 Å². The number of carbonyl (C=O) groups is 1. The first-order chi connectivity index (χ1) is 11.1. The fraction of sp³-hybridized carbons (Fsp3) is 0.471. The van der Waals surface area contributed by atoms with Crippen LogP contribution in [-0.2, 0) is 6.54 Å². The number of hydrogen-bond donors (Lipinski definition) is 1. The number of pyridine rings is 1. The zero-order valence-electron chi connectivity index (χ0n) is 13.6. The number of likely N-dealkylation sites (tertiary alicyclic amines) is 1. The van der Waals surface area contributed by atoms with Crippen molar-refractivity contribution in [1.82, 2.24) is 24.8 Å². The topological polar surface area (TPSA) is 63.1 Å². The lowest BCUT2D eigenvalue weighted by Gasteiger charge is -2.34. The number of rotatable bonds is 3. The highest BCUT2D eigenvalue weighted by Gasteiger charge is 2.25. The second kappa shape index (κ2) is 6.81. The molecule has 2 atom stereocenters. The molecule has 2 amide bonds. The Kier molecular flexibility index (Phi) is 4.60. The molecule has 3 heterocycles. The second-order valence-corrected chi connectivity index (χ2v) is 6.50.